The van der Waals surface area contributed by atoms with Crippen LogP contribution in [0.25, 0.3) is 10.9 Å². The van der Waals surface area contributed by atoms with Crippen molar-refractivity contribution in [3.63, 3.8) is 0 Å². The SMILES string of the molecule is COc1cccc(Cn2ccc3ccc(NC(=O)[C@H]4CCN[C@@H](C)C4)cc32)c1. The zero-order valence-corrected chi connectivity index (χ0v) is 16.4. The van der Waals surface area contributed by atoms with Crippen molar-refractivity contribution in [2.45, 2.75) is 32.4 Å². The summed E-state index contributed by atoms with van der Waals surface area (Å²) in [6.07, 6.45) is 3.87. The number of nitrogens with one attached hydrogen (secondary N) is 2. The molecule has 1 fully saturated rings. The summed E-state index contributed by atoms with van der Waals surface area (Å²) in [6.45, 7) is 3.79. The largest absolute Gasteiger partial charge is 0.497 e. The lowest BCUT2D eigenvalue weighted by molar-refractivity contribution is -0.120. The van der Waals surface area contributed by atoms with Crippen LogP contribution in [0, 0.1) is 5.92 Å². The van der Waals surface area contributed by atoms with E-state index in [0.717, 1.165) is 48.3 Å². The minimum absolute atomic E-state index is 0.0792. The van der Waals surface area contributed by atoms with Gasteiger partial charge in [0.15, 0.2) is 0 Å². The fraction of sp³-hybridized carbons (Fsp3) is 0.348. The van der Waals surface area contributed by atoms with Crippen LogP contribution in [-0.2, 0) is 11.3 Å². The molecule has 0 radical (unpaired) electrons. The van der Waals surface area contributed by atoms with Gasteiger partial charge in [0, 0.05) is 30.4 Å². The number of benzene rings is 2. The fourth-order valence-electron chi connectivity index (χ4n) is 3.98. The molecule has 1 saturated heterocycles. The number of aromatic nitrogens is 1. The van der Waals surface area contributed by atoms with E-state index in [2.05, 4.69) is 58.7 Å². The number of hydrogen-bond donors (Lipinski definition) is 2. The van der Waals surface area contributed by atoms with E-state index in [1.807, 2.05) is 18.2 Å². The summed E-state index contributed by atoms with van der Waals surface area (Å²) in [5.74, 6) is 1.06. The van der Waals surface area contributed by atoms with Gasteiger partial charge in [0.1, 0.15) is 5.75 Å². The zero-order valence-electron chi connectivity index (χ0n) is 16.4. The van der Waals surface area contributed by atoms with Crippen molar-refractivity contribution in [2.24, 2.45) is 5.92 Å². The Morgan fingerprint density at radius 3 is 2.96 bits per heavy atom. The lowest BCUT2D eigenvalue weighted by atomic mass is 9.92. The van der Waals surface area contributed by atoms with E-state index in [-0.39, 0.29) is 11.8 Å². The lowest BCUT2D eigenvalue weighted by Crippen LogP contribution is -2.40. The number of carbonyl (C=O) groups is 1. The maximum absolute atomic E-state index is 12.7. The van der Waals surface area contributed by atoms with Crippen molar-refractivity contribution >= 4 is 22.5 Å². The van der Waals surface area contributed by atoms with Gasteiger partial charge in [-0.05, 0) is 67.6 Å². The van der Waals surface area contributed by atoms with Gasteiger partial charge in [-0.1, -0.05) is 18.2 Å². The third-order valence-electron chi connectivity index (χ3n) is 5.52. The van der Waals surface area contributed by atoms with E-state index in [0.29, 0.717) is 6.04 Å². The highest BCUT2D eigenvalue weighted by atomic mass is 16.5. The molecule has 1 aliphatic heterocycles. The van der Waals surface area contributed by atoms with Gasteiger partial charge in [0.2, 0.25) is 5.91 Å². The van der Waals surface area contributed by atoms with E-state index in [1.54, 1.807) is 7.11 Å². The molecule has 2 N–H and O–H groups in total. The zero-order chi connectivity index (χ0) is 19.5. The highest BCUT2D eigenvalue weighted by Crippen LogP contribution is 2.24. The van der Waals surface area contributed by atoms with Crippen molar-refractivity contribution < 1.29 is 9.53 Å². The molecule has 1 amide bonds. The number of fused-ring (bicyclic) bond motifs is 1. The molecular formula is C23H27N3O2. The van der Waals surface area contributed by atoms with Crippen LogP contribution in [0.3, 0.4) is 0 Å². The summed E-state index contributed by atoms with van der Waals surface area (Å²) in [7, 11) is 1.68. The molecule has 5 nitrogen and oxygen atoms in total. The van der Waals surface area contributed by atoms with Crippen LogP contribution in [0.4, 0.5) is 5.69 Å². The number of anilines is 1. The molecule has 1 aromatic heterocycles. The second-order valence-corrected chi connectivity index (χ2v) is 7.63. The molecule has 0 unspecified atom stereocenters. The minimum Gasteiger partial charge on any atom is -0.497 e. The first-order chi connectivity index (χ1) is 13.6. The van der Waals surface area contributed by atoms with Gasteiger partial charge in [-0.2, -0.15) is 0 Å². The van der Waals surface area contributed by atoms with E-state index in [1.165, 1.54) is 5.56 Å². The van der Waals surface area contributed by atoms with Crippen LogP contribution in [-0.4, -0.2) is 30.2 Å². The molecule has 2 heterocycles. The maximum Gasteiger partial charge on any atom is 0.227 e. The predicted molar refractivity (Wildman–Crippen MR) is 113 cm³/mol. The number of hydrogen-bond acceptors (Lipinski definition) is 3. The summed E-state index contributed by atoms with van der Waals surface area (Å²) in [5.41, 5.74) is 3.14. The smallest absolute Gasteiger partial charge is 0.227 e. The first-order valence-corrected chi connectivity index (χ1v) is 9.88. The van der Waals surface area contributed by atoms with Crippen LogP contribution in [0.2, 0.25) is 0 Å². The van der Waals surface area contributed by atoms with Crippen molar-refractivity contribution in [1.29, 1.82) is 0 Å². The monoisotopic (exact) mass is 377 g/mol. The molecule has 5 heteroatoms. The van der Waals surface area contributed by atoms with Crippen molar-refractivity contribution in [2.75, 3.05) is 19.0 Å². The Morgan fingerprint density at radius 2 is 2.14 bits per heavy atom. The number of piperidine rings is 1. The van der Waals surface area contributed by atoms with Gasteiger partial charge in [-0.15, -0.1) is 0 Å². The summed E-state index contributed by atoms with van der Waals surface area (Å²) >= 11 is 0. The Kier molecular flexibility index (Phi) is 5.35. The molecule has 0 spiro atoms. The van der Waals surface area contributed by atoms with Crippen molar-refractivity contribution in [3.05, 3.63) is 60.3 Å². The molecule has 0 saturated carbocycles. The first kappa shape index (κ1) is 18.6. The van der Waals surface area contributed by atoms with Gasteiger partial charge >= 0.3 is 0 Å². The molecule has 28 heavy (non-hydrogen) atoms. The third kappa shape index (κ3) is 4.04. The number of amides is 1. The number of methoxy groups -OCH3 is 1. The standard InChI is InChI=1S/C23H27N3O2/c1-16-12-19(8-10-24-16)23(27)25-20-7-6-18-9-11-26(22(18)14-20)15-17-4-3-5-21(13-17)28-2/h3-7,9,11,13-14,16,19,24H,8,10,12,15H2,1-2H3,(H,25,27)/t16-,19-/m0/s1. The second kappa shape index (κ2) is 8.07. The van der Waals surface area contributed by atoms with Crippen molar-refractivity contribution in [1.82, 2.24) is 9.88 Å². The van der Waals surface area contributed by atoms with Crippen LogP contribution < -0.4 is 15.4 Å². The van der Waals surface area contributed by atoms with Gasteiger partial charge in [0.05, 0.1) is 12.6 Å². The number of ether oxygens (including phenoxy) is 1. The fourth-order valence-corrected chi connectivity index (χ4v) is 3.98. The average Bonchev–Trinajstić information content (AvgIpc) is 3.10. The van der Waals surface area contributed by atoms with Crippen LogP contribution in [0.5, 0.6) is 5.75 Å². The summed E-state index contributed by atoms with van der Waals surface area (Å²) < 4.78 is 7.53. The Hall–Kier alpha value is -2.79. The van der Waals surface area contributed by atoms with Crippen molar-refractivity contribution in [3.8, 4) is 5.75 Å². The molecule has 2 aromatic carbocycles. The predicted octanol–water partition coefficient (Wildman–Crippen LogP) is 4.02. The quantitative estimate of drug-likeness (QED) is 0.706. The topological polar surface area (TPSA) is 55.3 Å². The Bertz CT molecular complexity index is 979. The van der Waals surface area contributed by atoms with Crippen LogP contribution in [0.1, 0.15) is 25.3 Å². The maximum atomic E-state index is 12.7. The highest BCUT2D eigenvalue weighted by Gasteiger charge is 2.24. The average molecular weight is 377 g/mol. The second-order valence-electron chi connectivity index (χ2n) is 7.63. The number of rotatable bonds is 5. The molecule has 4 rings (SSSR count). The molecule has 146 valence electrons. The third-order valence-corrected chi connectivity index (χ3v) is 5.52. The van der Waals surface area contributed by atoms with Gasteiger partial charge in [-0.25, -0.2) is 0 Å². The minimum atomic E-state index is 0.0792. The Balaban J connectivity index is 1.53. The summed E-state index contributed by atoms with van der Waals surface area (Å²) in [4.78, 5) is 12.7. The first-order valence-electron chi connectivity index (χ1n) is 9.88. The van der Waals surface area contributed by atoms with E-state index < -0.39 is 0 Å². The van der Waals surface area contributed by atoms with E-state index in [9.17, 15) is 4.79 Å². The van der Waals surface area contributed by atoms with E-state index >= 15 is 0 Å². The summed E-state index contributed by atoms with van der Waals surface area (Å²) in [6, 6.07) is 16.7. The Morgan fingerprint density at radius 1 is 1.25 bits per heavy atom. The molecule has 1 aliphatic rings. The molecule has 2 atom stereocenters. The Labute approximate surface area is 165 Å². The van der Waals surface area contributed by atoms with Gasteiger partial charge in [-0.3, -0.25) is 4.79 Å². The molecular weight excluding hydrogens is 350 g/mol. The van der Waals surface area contributed by atoms with Gasteiger partial charge < -0.3 is 19.9 Å². The van der Waals surface area contributed by atoms with E-state index in [4.69, 9.17) is 4.74 Å². The number of carbonyl (C=O) groups excluding carboxylic acids is 1. The molecule has 3 aromatic rings. The van der Waals surface area contributed by atoms with Crippen LogP contribution >= 0.6 is 0 Å². The number of nitrogens with zero attached hydrogens (tertiary/aromatic N) is 1. The lowest BCUT2D eigenvalue weighted by Gasteiger charge is -2.27. The molecule has 0 aliphatic carbocycles. The van der Waals surface area contributed by atoms with Crippen LogP contribution in [0.15, 0.2) is 54.7 Å². The molecule has 0 bridgehead atoms. The highest BCUT2D eigenvalue weighted by molar-refractivity contribution is 5.95. The van der Waals surface area contributed by atoms with Gasteiger partial charge in [0.25, 0.3) is 0 Å². The normalized spacial score (nSPS) is 19.5. The summed E-state index contributed by atoms with van der Waals surface area (Å²) in [5, 5.41) is 7.68.